The summed E-state index contributed by atoms with van der Waals surface area (Å²) in [7, 11) is 0. The highest BCUT2D eigenvalue weighted by Crippen LogP contribution is 2.21. The molecular weight excluding hydrogens is 416 g/mol. The Morgan fingerprint density at radius 1 is 1.06 bits per heavy atom. The van der Waals surface area contributed by atoms with Gasteiger partial charge in [0.1, 0.15) is 24.1 Å². The summed E-state index contributed by atoms with van der Waals surface area (Å²) in [4.78, 5) is 62.7. The maximum atomic E-state index is 12.9. The second-order valence-corrected chi connectivity index (χ2v) is 8.62. The fourth-order valence-corrected chi connectivity index (χ4v) is 3.07. The van der Waals surface area contributed by atoms with E-state index < -0.39 is 53.7 Å². The number of aromatic amines is 1. The zero-order valence-electron chi connectivity index (χ0n) is 18.4. The molecule has 0 spiro atoms. The summed E-state index contributed by atoms with van der Waals surface area (Å²) in [6.07, 6.45) is -0.250. The number of carboxylic acid groups (broad SMARTS) is 1. The molecule has 0 fully saturated rings. The summed E-state index contributed by atoms with van der Waals surface area (Å²) in [5.74, 6) is -3.03. The fraction of sp³-hybridized carbons (Fsp3) is 0.409. The Morgan fingerprint density at radius 3 is 2.28 bits per heavy atom. The van der Waals surface area contributed by atoms with Crippen molar-refractivity contribution >= 4 is 40.9 Å². The van der Waals surface area contributed by atoms with E-state index in [-0.39, 0.29) is 0 Å². The number of H-pyrrole nitrogens is 1. The van der Waals surface area contributed by atoms with Gasteiger partial charge in [0.2, 0.25) is 11.8 Å². The van der Waals surface area contributed by atoms with Gasteiger partial charge in [-0.15, -0.1) is 0 Å². The first kappa shape index (κ1) is 24.6. The number of aromatic nitrogens is 1. The molecule has 0 bridgehead atoms. The summed E-state index contributed by atoms with van der Waals surface area (Å²) in [5, 5.41) is 17.1. The smallest absolute Gasteiger partial charge is 0.305 e. The zero-order chi connectivity index (χ0) is 24.1. The third-order valence-corrected chi connectivity index (χ3v) is 4.82. The van der Waals surface area contributed by atoms with Crippen molar-refractivity contribution < 1.29 is 29.1 Å². The van der Waals surface area contributed by atoms with Gasteiger partial charge in [0.05, 0.1) is 12.5 Å². The van der Waals surface area contributed by atoms with Crippen LogP contribution in [-0.4, -0.2) is 58.2 Å². The Morgan fingerprint density at radius 2 is 1.72 bits per heavy atom. The number of benzene rings is 1. The molecule has 5 N–H and O–H groups in total. The van der Waals surface area contributed by atoms with Crippen LogP contribution in [0.2, 0.25) is 0 Å². The third-order valence-electron chi connectivity index (χ3n) is 4.82. The van der Waals surface area contributed by atoms with Crippen LogP contribution in [0.4, 0.5) is 0 Å². The molecule has 0 aliphatic heterocycles. The molecule has 0 unspecified atom stereocenters. The molecule has 0 saturated carbocycles. The van der Waals surface area contributed by atoms with Crippen molar-refractivity contribution in [1.29, 1.82) is 0 Å². The number of carbonyl (C=O) groups is 5. The minimum atomic E-state index is -1.24. The first-order valence-electron chi connectivity index (χ1n) is 10.1. The van der Waals surface area contributed by atoms with Gasteiger partial charge in [-0.1, -0.05) is 39.0 Å². The molecule has 3 atom stereocenters. The van der Waals surface area contributed by atoms with E-state index in [1.165, 1.54) is 6.92 Å². The molecule has 0 aliphatic rings. The Balaban J connectivity index is 2.08. The van der Waals surface area contributed by atoms with Crippen LogP contribution in [0.5, 0.6) is 0 Å². The molecule has 2 rings (SSSR count). The summed E-state index contributed by atoms with van der Waals surface area (Å²) in [5.41, 5.74) is 0.392. The first-order chi connectivity index (χ1) is 14.9. The number of carbonyl (C=O) groups excluding carboxylic acids is 4. The quantitative estimate of drug-likeness (QED) is 0.363. The van der Waals surface area contributed by atoms with Crippen LogP contribution in [0.15, 0.2) is 30.3 Å². The second kappa shape index (κ2) is 10.1. The van der Waals surface area contributed by atoms with Crippen LogP contribution < -0.4 is 16.0 Å². The number of hydrogen-bond donors (Lipinski definition) is 5. The van der Waals surface area contributed by atoms with Crippen LogP contribution in [0, 0.1) is 5.41 Å². The molecular formula is C22H28N4O6. The van der Waals surface area contributed by atoms with Gasteiger partial charge in [-0.2, -0.15) is 0 Å². The van der Waals surface area contributed by atoms with Crippen molar-refractivity contribution in [3.05, 3.63) is 36.0 Å². The van der Waals surface area contributed by atoms with Crippen molar-refractivity contribution in [3.63, 3.8) is 0 Å². The van der Waals surface area contributed by atoms with Crippen LogP contribution in [0.1, 0.15) is 44.6 Å². The molecule has 32 heavy (non-hydrogen) atoms. The number of rotatable bonds is 9. The molecule has 1 aromatic carbocycles. The van der Waals surface area contributed by atoms with E-state index in [0.29, 0.717) is 12.0 Å². The highest BCUT2D eigenvalue weighted by Gasteiger charge is 2.35. The molecule has 3 amide bonds. The minimum Gasteiger partial charge on any atom is -0.481 e. The summed E-state index contributed by atoms with van der Waals surface area (Å²) >= 11 is 0. The van der Waals surface area contributed by atoms with Crippen molar-refractivity contribution in [3.8, 4) is 0 Å². The lowest BCUT2D eigenvalue weighted by atomic mass is 9.86. The predicted molar refractivity (Wildman–Crippen MR) is 117 cm³/mol. The molecule has 1 aromatic heterocycles. The molecule has 0 aliphatic carbocycles. The average molecular weight is 444 g/mol. The Kier molecular flexibility index (Phi) is 7.74. The summed E-state index contributed by atoms with van der Waals surface area (Å²) < 4.78 is 0. The first-order valence-corrected chi connectivity index (χ1v) is 10.1. The molecule has 10 heteroatoms. The number of nitrogens with one attached hydrogen (secondary N) is 4. The largest absolute Gasteiger partial charge is 0.481 e. The van der Waals surface area contributed by atoms with Crippen LogP contribution in [0.3, 0.4) is 0 Å². The monoisotopic (exact) mass is 444 g/mol. The van der Waals surface area contributed by atoms with E-state index in [9.17, 15) is 24.0 Å². The van der Waals surface area contributed by atoms with Gasteiger partial charge >= 0.3 is 5.97 Å². The standard InChI is InChI=1S/C22H28N4O6/c1-12(19(30)24-14(11-27)10-17(28)29)23-21(32)18(22(2,3)4)26-20(31)16-9-13-7-5-6-8-15(13)25-16/h5-9,11-12,14,18,25H,10H2,1-4H3,(H,23,32)(H,24,30)(H,26,31)(H,28,29)/t12-,14-,18+/m0/s1. The fourth-order valence-electron chi connectivity index (χ4n) is 3.07. The van der Waals surface area contributed by atoms with Gasteiger partial charge in [0.15, 0.2) is 0 Å². The van der Waals surface area contributed by atoms with E-state index in [1.54, 1.807) is 26.8 Å². The van der Waals surface area contributed by atoms with Gasteiger partial charge in [0.25, 0.3) is 5.91 Å². The van der Waals surface area contributed by atoms with Gasteiger partial charge < -0.3 is 30.8 Å². The summed E-state index contributed by atoms with van der Waals surface area (Å²) in [6.45, 7) is 6.70. The minimum absolute atomic E-state index is 0.293. The number of fused-ring (bicyclic) bond motifs is 1. The predicted octanol–water partition coefficient (Wildman–Crippen LogP) is 0.975. The van der Waals surface area contributed by atoms with E-state index in [0.717, 1.165) is 10.9 Å². The van der Waals surface area contributed by atoms with Crippen LogP contribution in [0.25, 0.3) is 10.9 Å². The topological polar surface area (TPSA) is 157 Å². The molecule has 0 radical (unpaired) electrons. The number of aliphatic carboxylic acids is 1. The maximum absolute atomic E-state index is 12.9. The SMILES string of the molecule is C[C@H](NC(=O)[C@@H](NC(=O)c1cc2ccccc2[nH]1)C(C)(C)C)C(=O)N[C@H](C=O)CC(=O)O. The summed E-state index contributed by atoms with van der Waals surface area (Å²) in [6, 6.07) is 5.81. The third kappa shape index (κ3) is 6.40. The number of carboxylic acids is 1. The lowest BCUT2D eigenvalue weighted by Crippen LogP contribution is -2.57. The Bertz CT molecular complexity index is 990. The van der Waals surface area contributed by atoms with E-state index in [4.69, 9.17) is 5.11 Å². The van der Waals surface area contributed by atoms with Crippen molar-refractivity contribution in [2.24, 2.45) is 5.41 Å². The van der Waals surface area contributed by atoms with E-state index in [1.807, 2.05) is 24.3 Å². The van der Waals surface area contributed by atoms with Crippen molar-refractivity contribution in [2.45, 2.75) is 52.2 Å². The van der Waals surface area contributed by atoms with E-state index >= 15 is 0 Å². The maximum Gasteiger partial charge on any atom is 0.305 e. The highest BCUT2D eigenvalue weighted by molar-refractivity contribution is 6.01. The molecule has 1 heterocycles. The second-order valence-electron chi connectivity index (χ2n) is 8.62. The van der Waals surface area contributed by atoms with Crippen molar-refractivity contribution in [2.75, 3.05) is 0 Å². The molecule has 2 aromatic rings. The van der Waals surface area contributed by atoms with E-state index in [2.05, 4.69) is 20.9 Å². The zero-order valence-corrected chi connectivity index (χ0v) is 18.4. The average Bonchev–Trinajstić information content (AvgIpc) is 3.14. The van der Waals surface area contributed by atoms with Gasteiger partial charge in [0, 0.05) is 10.9 Å². The Hall–Kier alpha value is -3.69. The number of para-hydroxylation sites is 1. The lowest BCUT2D eigenvalue weighted by molar-refractivity contribution is -0.139. The number of hydrogen-bond acceptors (Lipinski definition) is 5. The molecule has 172 valence electrons. The van der Waals surface area contributed by atoms with Gasteiger partial charge in [-0.25, -0.2) is 0 Å². The molecule has 10 nitrogen and oxygen atoms in total. The normalized spacial score (nSPS) is 14.1. The van der Waals surface area contributed by atoms with Crippen LogP contribution >= 0.6 is 0 Å². The van der Waals surface area contributed by atoms with Gasteiger partial charge in [-0.3, -0.25) is 19.2 Å². The lowest BCUT2D eigenvalue weighted by Gasteiger charge is -2.31. The Labute approximate surface area is 185 Å². The van der Waals surface area contributed by atoms with Crippen LogP contribution in [-0.2, 0) is 19.2 Å². The number of amides is 3. The van der Waals surface area contributed by atoms with Crippen molar-refractivity contribution in [1.82, 2.24) is 20.9 Å². The highest BCUT2D eigenvalue weighted by atomic mass is 16.4. The molecule has 0 saturated heterocycles. The van der Waals surface area contributed by atoms with Gasteiger partial charge in [-0.05, 0) is 24.5 Å². The number of aldehydes is 1.